The molecular formula is C26H21N3O2S. The van der Waals surface area contributed by atoms with Crippen LogP contribution in [0.25, 0.3) is 32.6 Å². The Bertz CT molecular complexity index is 1390. The van der Waals surface area contributed by atoms with E-state index in [4.69, 9.17) is 15.1 Å². The largest absolute Gasteiger partial charge is 0.467 e. The number of thiophene rings is 1. The molecule has 5 nitrogen and oxygen atoms in total. The average Bonchev–Trinajstić information content (AvgIpc) is 3.46. The minimum atomic E-state index is -0.238. The first kappa shape index (κ1) is 20.0. The van der Waals surface area contributed by atoms with Gasteiger partial charge in [0.2, 0.25) is 0 Å². The molecule has 5 rings (SSSR count). The number of anilines is 1. The third-order valence-electron chi connectivity index (χ3n) is 5.34. The summed E-state index contributed by atoms with van der Waals surface area (Å²) >= 11 is 1.31. The molecule has 0 saturated carbocycles. The number of amides is 1. The number of hydrogen-bond donors (Lipinski definition) is 2. The lowest BCUT2D eigenvalue weighted by Crippen LogP contribution is -2.22. The summed E-state index contributed by atoms with van der Waals surface area (Å²) in [6, 6.07) is 24.0. The minimum absolute atomic E-state index is 0.238. The first-order chi connectivity index (χ1) is 15.6. The van der Waals surface area contributed by atoms with Gasteiger partial charge in [-0.15, -0.1) is 11.3 Å². The summed E-state index contributed by atoms with van der Waals surface area (Å²) in [7, 11) is 0. The summed E-state index contributed by atoms with van der Waals surface area (Å²) in [6.07, 6.45) is 1.58. The maximum absolute atomic E-state index is 12.9. The van der Waals surface area contributed by atoms with Crippen molar-refractivity contribution in [2.45, 2.75) is 13.5 Å². The van der Waals surface area contributed by atoms with Crippen LogP contribution in [0.5, 0.6) is 0 Å². The monoisotopic (exact) mass is 439 g/mol. The second-order valence-corrected chi connectivity index (χ2v) is 8.57. The quantitative estimate of drug-likeness (QED) is 0.350. The summed E-state index contributed by atoms with van der Waals surface area (Å²) in [4.78, 5) is 19.0. The molecule has 0 bridgehead atoms. The van der Waals surface area contributed by atoms with Gasteiger partial charge in [0.25, 0.3) is 5.91 Å². The average molecular weight is 440 g/mol. The van der Waals surface area contributed by atoms with Crippen molar-refractivity contribution in [1.82, 2.24) is 10.3 Å². The highest BCUT2D eigenvalue weighted by atomic mass is 32.1. The van der Waals surface area contributed by atoms with Gasteiger partial charge in [-0.3, -0.25) is 4.79 Å². The molecule has 0 unspecified atom stereocenters. The molecule has 0 saturated heterocycles. The second kappa shape index (κ2) is 8.32. The summed E-state index contributed by atoms with van der Waals surface area (Å²) in [6.45, 7) is 2.36. The smallest absolute Gasteiger partial charge is 0.263 e. The van der Waals surface area contributed by atoms with Crippen molar-refractivity contribution in [1.29, 1.82) is 0 Å². The molecule has 3 N–H and O–H groups in total. The molecule has 0 radical (unpaired) electrons. The van der Waals surface area contributed by atoms with E-state index in [1.165, 1.54) is 16.9 Å². The van der Waals surface area contributed by atoms with Crippen molar-refractivity contribution in [3.63, 3.8) is 0 Å². The number of carbonyl (C=O) groups excluding carboxylic acids is 1. The molecule has 6 heteroatoms. The molecule has 0 aliphatic carbocycles. The number of furan rings is 1. The van der Waals surface area contributed by atoms with E-state index in [2.05, 4.69) is 42.6 Å². The van der Waals surface area contributed by atoms with Crippen LogP contribution in [-0.4, -0.2) is 10.9 Å². The number of nitrogens with zero attached hydrogens (tertiary/aromatic N) is 1. The zero-order valence-electron chi connectivity index (χ0n) is 17.5. The molecular weight excluding hydrogens is 418 g/mol. The number of hydrogen-bond acceptors (Lipinski definition) is 5. The Morgan fingerprint density at radius 3 is 2.53 bits per heavy atom. The third-order valence-corrected chi connectivity index (χ3v) is 6.44. The van der Waals surface area contributed by atoms with Crippen molar-refractivity contribution in [3.8, 4) is 22.4 Å². The summed E-state index contributed by atoms with van der Waals surface area (Å²) in [5.41, 5.74) is 12.0. The molecule has 5 aromatic rings. The van der Waals surface area contributed by atoms with Crippen molar-refractivity contribution < 1.29 is 9.21 Å². The fourth-order valence-electron chi connectivity index (χ4n) is 3.67. The van der Waals surface area contributed by atoms with Crippen LogP contribution in [0.1, 0.15) is 21.0 Å². The van der Waals surface area contributed by atoms with E-state index in [1.54, 1.807) is 12.3 Å². The number of aromatic nitrogens is 1. The summed E-state index contributed by atoms with van der Waals surface area (Å²) in [5.74, 6) is 0.445. The predicted octanol–water partition coefficient (Wildman–Crippen LogP) is 6.04. The van der Waals surface area contributed by atoms with Crippen LogP contribution in [0.3, 0.4) is 0 Å². The molecule has 0 fully saturated rings. The lowest BCUT2D eigenvalue weighted by molar-refractivity contribution is 0.0953. The molecule has 3 heterocycles. The van der Waals surface area contributed by atoms with E-state index in [0.717, 1.165) is 32.6 Å². The van der Waals surface area contributed by atoms with Gasteiger partial charge in [0.15, 0.2) is 0 Å². The number of benzene rings is 2. The number of nitrogens with two attached hydrogens (primary N) is 1. The zero-order chi connectivity index (χ0) is 22.1. The maximum Gasteiger partial charge on any atom is 0.263 e. The Hall–Kier alpha value is -3.90. The molecule has 0 aliphatic rings. The SMILES string of the molecule is Cc1ccc(-c2cc(-c3ccccc3)nc3sc(C(=O)NCc4ccco4)c(N)c23)cc1. The van der Waals surface area contributed by atoms with Gasteiger partial charge < -0.3 is 15.5 Å². The van der Waals surface area contributed by atoms with Gasteiger partial charge in [-0.2, -0.15) is 0 Å². The second-order valence-electron chi connectivity index (χ2n) is 7.57. The molecule has 1 amide bonds. The Morgan fingerprint density at radius 2 is 1.81 bits per heavy atom. The predicted molar refractivity (Wildman–Crippen MR) is 130 cm³/mol. The highest BCUT2D eigenvalue weighted by Crippen LogP contribution is 2.41. The molecule has 2 aromatic carbocycles. The van der Waals surface area contributed by atoms with Crippen LogP contribution in [0.15, 0.2) is 83.5 Å². The Kier molecular flexibility index (Phi) is 5.21. The zero-order valence-corrected chi connectivity index (χ0v) is 18.3. The molecule has 0 aliphatic heterocycles. The van der Waals surface area contributed by atoms with E-state index < -0.39 is 0 Å². The summed E-state index contributed by atoms with van der Waals surface area (Å²) in [5, 5.41) is 3.69. The van der Waals surface area contributed by atoms with Crippen LogP contribution in [-0.2, 0) is 6.54 Å². The first-order valence-electron chi connectivity index (χ1n) is 10.3. The number of nitrogen functional groups attached to an aromatic ring is 1. The Morgan fingerprint density at radius 1 is 1.03 bits per heavy atom. The molecule has 3 aromatic heterocycles. The van der Waals surface area contributed by atoms with E-state index in [0.29, 0.717) is 22.9 Å². The lowest BCUT2D eigenvalue weighted by atomic mass is 9.99. The van der Waals surface area contributed by atoms with Crippen LogP contribution in [0.4, 0.5) is 5.69 Å². The number of nitrogens with one attached hydrogen (secondary N) is 1. The number of rotatable bonds is 5. The molecule has 0 spiro atoms. The Balaban J connectivity index is 1.63. The molecule has 32 heavy (non-hydrogen) atoms. The standard InChI is InChI=1S/C26H21N3O2S/c1-16-9-11-17(12-10-16)20-14-21(18-6-3-2-4-7-18)29-26-22(20)23(27)24(32-26)25(30)28-15-19-8-5-13-31-19/h2-14H,15,27H2,1H3,(H,28,30). The molecule has 158 valence electrons. The van der Waals surface area contributed by atoms with Crippen molar-refractivity contribution in [2.24, 2.45) is 0 Å². The van der Waals surface area contributed by atoms with E-state index in [9.17, 15) is 4.79 Å². The third kappa shape index (κ3) is 3.76. The van der Waals surface area contributed by atoms with E-state index >= 15 is 0 Å². The van der Waals surface area contributed by atoms with Gasteiger partial charge in [0.05, 0.1) is 24.2 Å². The minimum Gasteiger partial charge on any atom is -0.467 e. The van der Waals surface area contributed by atoms with Gasteiger partial charge >= 0.3 is 0 Å². The van der Waals surface area contributed by atoms with Gasteiger partial charge in [0.1, 0.15) is 15.5 Å². The topological polar surface area (TPSA) is 81.2 Å². The lowest BCUT2D eigenvalue weighted by Gasteiger charge is -2.09. The van der Waals surface area contributed by atoms with Crippen LogP contribution in [0, 0.1) is 6.92 Å². The van der Waals surface area contributed by atoms with Crippen LogP contribution in [0.2, 0.25) is 0 Å². The van der Waals surface area contributed by atoms with Crippen LogP contribution >= 0.6 is 11.3 Å². The van der Waals surface area contributed by atoms with Gasteiger partial charge in [0, 0.05) is 10.9 Å². The highest BCUT2D eigenvalue weighted by molar-refractivity contribution is 7.21. The van der Waals surface area contributed by atoms with Crippen LogP contribution < -0.4 is 11.1 Å². The van der Waals surface area contributed by atoms with Crippen molar-refractivity contribution in [3.05, 3.63) is 95.3 Å². The fraction of sp³-hybridized carbons (Fsp3) is 0.0769. The normalized spacial score (nSPS) is 11.0. The van der Waals surface area contributed by atoms with Crippen molar-refractivity contribution >= 4 is 33.1 Å². The number of fused-ring (bicyclic) bond motifs is 1. The summed E-state index contributed by atoms with van der Waals surface area (Å²) < 4.78 is 5.31. The van der Waals surface area contributed by atoms with E-state index in [1.807, 2.05) is 36.4 Å². The van der Waals surface area contributed by atoms with E-state index in [-0.39, 0.29) is 5.91 Å². The number of pyridine rings is 1. The van der Waals surface area contributed by atoms with Gasteiger partial charge in [-0.25, -0.2) is 4.98 Å². The van der Waals surface area contributed by atoms with Crippen molar-refractivity contribution in [2.75, 3.05) is 5.73 Å². The first-order valence-corrected chi connectivity index (χ1v) is 11.1. The molecule has 0 atom stereocenters. The number of carbonyl (C=O) groups is 1. The highest BCUT2D eigenvalue weighted by Gasteiger charge is 2.21. The number of aryl methyl sites for hydroxylation is 1. The maximum atomic E-state index is 12.9. The fourth-order valence-corrected chi connectivity index (χ4v) is 4.70. The van der Waals surface area contributed by atoms with Gasteiger partial charge in [-0.05, 0) is 36.2 Å². The van der Waals surface area contributed by atoms with Gasteiger partial charge in [-0.1, -0.05) is 60.2 Å². The Labute approximate surface area is 189 Å².